The smallest absolute Gasteiger partial charge is 0.272 e. The van der Waals surface area contributed by atoms with Crippen LogP contribution in [0.3, 0.4) is 0 Å². The molecule has 0 bridgehead atoms. The first-order valence-electron chi connectivity index (χ1n) is 9.28. The van der Waals surface area contributed by atoms with E-state index in [-0.39, 0.29) is 11.6 Å². The number of ether oxygens (including phenoxy) is 1. The van der Waals surface area contributed by atoms with Gasteiger partial charge >= 0.3 is 0 Å². The number of amides is 1. The zero-order valence-electron chi connectivity index (χ0n) is 16.6. The highest BCUT2D eigenvalue weighted by atomic mass is 32.2. The first-order valence-corrected chi connectivity index (χ1v) is 11.5. The van der Waals surface area contributed by atoms with Gasteiger partial charge in [0.1, 0.15) is 5.75 Å². The first-order chi connectivity index (χ1) is 14.5. The van der Waals surface area contributed by atoms with E-state index in [4.69, 9.17) is 4.74 Å². The van der Waals surface area contributed by atoms with E-state index in [1.165, 1.54) is 29.5 Å². The molecule has 0 aliphatic heterocycles. The molecule has 1 amide bonds. The summed E-state index contributed by atoms with van der Waals surface area (Å²) < 4.78 is 8.63. The molecule has 0 aliphatic carbocycles. The maximum atomic E-state index is 12.4. The lowest BCUT2D eigenvalue weighted by molar-refractivity contribution is -0.384. The Morgan fingerprint density at radius 2 is 2.07 bits per heavy atom. The fourth-order valence-electron chi connectivity index (χ4n) is 2.80. The van der Waals surface area contributed by atoms with Crippen molar-refractivity contribution in [2.45, 2.75) is 13.5 Å². The molecule has 0 saturated heterocycles. The van der Waals surface area contributed by atoms with E-state index < -0.39 is 4.92 Å². The fourth-order valence-corrected chi connectivity index (χ4v) is 4.26. The van der Waals surface area contributed by atoms with Crippen LogP contribution in [0.5, 0.6) is 5.75 Å². The normalized spacial score (nSPS) is 12.0. The second kappa shape index (κ2) is 10.2. The van der Waals surface area contributed by atoms with Crippen molar-refractivity contribution in [2.24, 2.45) is 4.99 Å². The molecule has 0 spiro atoms. The number of rotatable bonds is 8. The monoisotopic (exact) mass is 443 g/mol. The predicted octanol–water partition coefficient (Wildman–Crippen LogP) is 4.51. The largest absolute Gasteiger partial charge is 0.494 e. The molecular formula is C21H21N3O4S2. The van der Waals surface area contributed by atoms with Gasteiger partial charge in [-0.3, -0.25) is 14.9 Å². The van der Waals surface area contributed by atoms with Crippen LogP contribution in [0.25, 0.3) is 16.3 Å². The lowest BCUT2D eigenvalue weighted by Crippen LogP contribution is -2.17. The number of fused-ring (bicyclic) bond motifs is 1. The number of nitro groups is 1. The first kappa shape index (κ1) is 21.8. The summed E-state index contributed by atoms with van der Waals surface area (Å²) in [6.07, 6.45) is 5.01. The Balaban J connectivity index is 1.90. The number of carbonyl (C=O) groups is 1. The Morgan fingerprint density at radius 1 is 1.30 bits per heavy atom. The van der Waals surface area contributed by atoms with E-state index in [1.807, 2.05) is 35.9 Å². The zero-order valence-corrected chi connectivity index (χ0v) is 18.2. The van der Waals surface area contributed by atoms with Crippen molar-refractivity contribution in [2.75, 3.05) is 18.6 Å². The third kappa shape index (κ3) is 5.37. The third-order valence-corrected chi connectivity index (χ3v) is 5.84. The van der Waals surface area contributed by atoms with Gasteiger partial charge in [0.2, 0.25) is 0 Å². The molecule has 3 rings (SSSR count). The van der Waals surface area contributed by atoms with E-state index in [2.05, 4.69) is 4.99 Å². The number of thiazole rings is 1. The van der Waals surface area contributed by atoms with Crippen LogP contribution in [0.15, 0.2) is 53.5 Å². The Kier molecular flexibility index (Phi) is 7.42. The quantitative estimate of drug-likeness (QED) is 0.290. The standard InChI is InChI=1S/C21H21N3O4S2/c1-3-28-17-9-10-18-19(14-17)30-21(23(18)12-13-29-2)22-20(25)11-6-15-4-7-16(8-5-15)24(26)27/h4-11,14H,3,12-13H2,1-2H3. The van der Waals surface area contributed by atoms with E-state index in [0.717, 1.165) is 28.3 Å². The van der Waals surface area contributed by atoms with Gasteiger partial charge in [-0.15, -0.1) is 0 Å². The van der Waals surface area contributed by atoms with Crippen molar-refractivity contribution in [1.29, 1.82) is 0 Å². The van der Waals surface area contributed by atoms with Crippen LogP contribution in [0.1, 0.15) is 12.5 Å². The van der Waals surface area contributed by atoms with E-state index in [9.17, 15) is 14.9 Å². The van der Waals surface area contributed by atoms with Crippen LogP contribution >= 0.6 is 23.1 Å². The molecule has 0 radical (unpaired) electrons. The summed E-state index contributed by atoms with van der Waals surface area (Å²) in [7, 11) is 0. The van der Waals surface area contributed by atoms with Crippen LogP contribution in [-0.2, 0) is 11.3 Å². The molecule has 0 aliphatic rings. The molecule has 0 atom stereocenters. The maximum Gasteiger partial charge on any atom is 0.272 e. The van der Waals surface area contributed by atoms with Crippen LogP contribution < -0.4 is 9.54 Å². The second-order valence-electron chi connectivity index (χ2n) is 6.22. The molecule has 3 aromatic rings. The number of non-ortho nitro benzene ring substituents is 1. The Morgan fingerprint density at radius 3 is 2.73 bits per heavy atom. The predicted molar refractivity (Wildman–Crippen MR) is 122 cm³/mol. The van der Waals surface area contributed by atoms with Gasteiger partial charge in [0.05, 0.1) is 21.7 Å². The minimum Gasteiger partial charge on any atom is -0.494 e. The number of hydrogen-bond donors (Lipinski definition) is 0. The molecule has 2 aromatic carbocycles. The van der Waals surface area contributed by atoms with Crippen LogP contribution in [0, 0.1) is 10.1 Å². The van der Waals surface area contributed by atoms with Crippen molar-refractivity contribution in [3.63, 3.8) is 0 Å². The molecule has 30 heavy (non-hydrogen) atoms. The van der Waals surface area contributed by atoms with Gasteiger partial charge in [0.25, 0.3) is 11.6 Å². The number of nitro benzene ring substituents is 1. The van der Waals surface area contributed by atoms with Gasteiger partial charge in [-0.2, -0.15) is 16.8 Å². The van der Waals surface area contributed by atoms with E-state index in [1.54, 1.807) is 30.0 Å². The second-order valence-corrected chi connectivity index (χ2v) is 8.22. The molecule has 0 N–H and O–H groups in total. The van der Waals surface area contributed by atoms with E-state index >= 15 is 0 Å². The third-order valence-electron chi connectivity index (χ3n) is 4.21. The lowest BCUT2D eigenvalue weighted by Gasteiger charge is -2.05. The molecule has 0 unspecified atom stereocenters. The summed E-state index contributed by atoms with van der Waals surface area (Å²) in [6, 6.07) is 11.9. The van der Waals surface area contributed by atoms with Gasteiger partial charge in [0, 0.05) is 30.5 Å². The number of carbonyl (C=O) groups excluding carboxylic acids is 1. The number of benzene rings is 2. The molecule has 0 saturated carbocycles. The average Bonchev–Trinajstić information content (AvgIpc) is 3.07. The number of thioether (sulfide) groups is 1. The maximum absolute atomic E-state index is 12.4. The van der Waals surface area contributed by atoms with Crippen LogP contribution in [-0.4, -0.2) is 34.0 Å². The van der Waals surface area contributed by atoms with Crippen molar-refractivity contribution < 1.29 is 14.5 Å². The Hall–Kier alpha value is -2.91. The van der Waals surface area contributed by atoms with Crippen molar-refractivity contribution in [1.82, 2.24) is 4.57 Å². The van der Waals surface area contributed by atoms with E-state index in [0.29, 0.717) is 17.0 Å². The van der Waals surface area contributed by atoms with Gasteiger partial charge in [-0.25, -0.2) is 0 Å². The van der Waals surface area contributed by atoms with Gasteiger partial charge < -0.3 is 9.30 Å². The van der Waals surface area contributed by atoms with Gasteiger partial charge in [-0.05, 0) is 55.2 Å². The summed E-state index contributed by atoms with van der Waals surface area (Å²) in [5.74, 6) is 1.31. The topological polar surface area (TPSA) is 86.7 Å². The SMILES string of the molecule is CCOc1ccc2c(c1)sc(=NC(=O)C=Cc1ccc([N+](=O)[O-])cc1)n2CCSC. The number of hydrogen-bond acceptors (Lipinski definition) is 6. The summed E-state index contributed by atoms with van der Waals surface area (Å²) >= 11 is 3.18. The average molecular weight is 444 g/mol. The van der Waals surface area contributed by atoms with Crippen molar-refractivity contribution in [3.05, 3.63) is 69.0 Å². The molecule has 156 valence electrons. The molecule has 1 aromatic heterocycles. The summed E-state index contributed by atoms with van der Waals surface area (Å²) in [6.45, 7) is 3.27. The van der Waals surface area contributed by atoms with Crippen molar-refractivity contribution >= 4 is 51.0 Å². The van der Waals surface area contributed by atoms with Crippen molar-refractivity contribution in [3.8, 4) is 5.75 Å². The molecule has 9 heteroatoms. The fraction of sp³-hybridized carbons (Fsp3) is 0.238. The van der Waals surface area contributed by atoms with Gasteiger partial charge in [-0.1, -0.05) is 11.3 Å². The Bertz CT molecular complexity index is 1150. The van der Waals surface area contributed by atoms with Gasteiger partial charge in [0.15, 0.2) is 4.80 Å². The van der Waals surface area contributed by atoms with Crippen LogP contribution in [0.4, 0.5) is 5.69 Å². The molecular weight excluding hydrogens is 422 g/mol. The minimum absolute atomic E-state index is 0.00898. The summed E-state index contributed by atoms with van der Waals surface area (Å²) in [5.41, 5.74) is 1.72. The molecule has 0 fully saturated rings. The zero-order chi connectivity index (χ0) is 21.5. The molecule has 7 nitrogen and oxygen atoms in total. The molecule has 1 heterocycles. The Labute approximate surface area is 181 Å². The number of aromatic nitrogens is 1. The summed E-state index contributed by atoms with van der Waals surface area (Å²) in [5, 5.41) is 10.7. The number of aryl methyl sites for hydroxylation is 1. The lowest BCUT2D eigenvalue weighted by atomic mass is 10.2. The van der Waals surface area contributed by atoms with Crippen LogP contribution in [0.2, 0.25) is 0 Å². The number of nitrogens with zero attached hydrogens (tertiary/aromatic N) is 3. The highest BCUT2D eigenvalue weighted by Gasteiger charge is 2.09. The highest BCUT2D eigenvalue weighted by Crippen LogP contribution is 2.23. The summed E-state index contributed by atoms with van der Waals surface area (Å²) in [4.78, 5) is 27.6. The minimum atomic E-state index is -0.459. The highest BCUT2D eigenvalue weighted by molar-refractivity contribution is 7.98.